The van der Waals surface area contributed by atoms with E-state index in [4.69, 9.17) is 4.74 Å². The van der Waals surface area contributed by atoms with Crippen LogP contribution in [0.25, 0.3) is 0 Å². The largest absolute Gasteiger partial charge is 0.368 e. The lowest BCUT2D eigenvalue weighted by molar-refractivity contribution is -0.0157. The number of aryl methyl sites for hydroxylation is 1. The number of nitrogens with one attached hydrogen (secondary N) is 1. The number of rotatable bonds is 3. The molecule has 3 rings (SSSR count). The third kappa shape index (κ3) is 3.77. The molecular weight excluding hydrogens is 330 g/mol. The van der Waals surface area contributed by atoms with Crippen LogP contribution in [0.4, 0.5) is 15.9 Å². The molecule has 0 aliphatic carbocycles. The summed E-state index contributed by atoms with van der Waals surface area (Å²) < 4.78 is 5.78. The SMILES string of the molecule is Cc1nnc(NC(=O)N2CCOC(c3ccnc(N(C)C)n3)C2)s1. The Kier molecular flexibility index (Phi) is 4.86. The Hall–Kier alpha value is -2.33. The van der Waals surface area contributed by atoms with E-state index < -0.39 is 0 Å². The number of urea groups is 1. The van der Waals surface area contributed by atoms with Gasteiger partial charge in [-0.1, -0.05) is 11.3 Å². The van der Waals surface area contributed by atoms with Gasteiger partial charge in [0.05, 0.1) is 18.8 Å². The molecule has 2 amide bonds. The standard InChI is InChI=1S/C14H19N7O2S/c1-9-18-19-13(24-9)17-14(22)21-6-7-23-11(8-21)10-4-5-15-12(16-10)20(2)3/h4-5,11H,6-8H2,1-3H3,(H,17,19,22). The molecule has 1 aliphatic heterocycles. The highest BCUT2D eigenvalue weighted by atomic mass is 32.1. The summed E-state index contributed by atoms with van der Waals surface area (Å²) in [5.74, 6) is 0.613. The molecule has 1 atom stereocenters. The minimum absolute atomic E-state index is 0.207. The molecule has 9 nitrogen and oxygen atoms in total. The number of nitrogens with zero attached hydrogens (tertiary/aromatic N) is 6. The van der Waals surface area contributed by atoms with Crippen LogP contribution in [-0.2, 0) is 4.74 Å². The minimum atomic E-state index is -0.276. The molecule has 0 spiro atoms. The van der Waals surface area contributed by atoms with Crippen LogP contribution in [0.3, 0.4) is 0 Å². The summed E-state index contributed by atoms with van der Waals surface area (Å²) in [5, 5.41) is 11.9. The molecular formula is C14H19N7O2S. The Morgan fingerprint density at radius 2 is 2.29 bits per heavy atom. The van der Waals surface area contributed by atoms with Crippen LogP contribution in [0.2, 0.25) is 0 Å². The van der Waals surface area contributed by atoms with Crippen LogP contribution >= 0.6 is 11.3 Å². The summed E-state index contributed by atoms with van der Waals surface area (Å²) in [6.45, 7) is 3.24. The van der Waals surface area contributed by atoms with Gasteiger partial charge >= 0.3 is 6.03 Å². The van der Waals surface area contributed by atoms with Gasteiger partial charge in [-0.2, -0.15) is 0 Å². The Morgan fingerprint density at radius 3 is 3.00 bits per heavy atom. The number of anilines is 2. The van der Waals surface area contributed by atoms with Crippen LogP contribution in [0.15, 0.2) is 12.3 Å². The number of carbonyl (C=O) groups is 1. The van der Waals surface area contributed by atoms with E-state index in [0.29, 0.717) is 30.8 Å². The molecule has 10 heteroatoms. The summed E-state index contributed by atoms with van der Waals surface area (Å²) in [6, 6.07) is 1.61. The molecule has 128 valence electrons. The van der Waals surface area contributed by atoms with Crippen molar-refractivity contribution < 1.29 is 9.53 Å². The van der Waals surface area contributed by atoms with Gasteiger partial charge in [0.25, 0.3) is 0 Å². The molecule has 1 N–H and O–H groups in total. The monoisotopic (exact) mass is 349 g/mol. The molecule has 1 aliphatic rings. The van der Waals surface area contributed by atoms with Crippen molar-refractivity contribution in [2.75, 3.05) is 44.0 Å². The van der Waals surface area contributed by atoms with Gasteiger partial charge in [0.1, 0.15) is 11.1 Å². The molecule has 0 saturated carbocycles. The first-order valence-corrected chi connectivity index (χ1v) is 8.32. The molecule has 0 bridgehead atoms. The number of hydrogen-bond donors (Lipinski definition) is 1. The molecule has 1 unspecified atom stereocenters. The Bertz CT molecular complexity index is 721. The number of ether oxygens (including phenoxy) is 1. The fraction of sp³-hybridized carbons (Fsp3) is 0.500. The number of morpholine rings is 1. The zero-order valence-corrected chi connectivity index (χ0v) is 14.6. The zero-order valence-electron chi connectivity index (χ0n) is 13.8. The number of carbonyl (C=O) groups excluding carboxylic acids is 1. The van der Waals surface area contributed by atoms with Crippen molar-refractivity contribution in [1.82, 2.24) is 25.1 Å². The highest BCUT2D eigenvalue weighted by molar-refractivity contribution is 7.15. The summed E-state index contributed by atoms with van der Waals surface area (Å²) in [5.41, 5.74) is 0.762. The maximum atomic E-state index is 12.4. The average Bonchev–Trinajstić information content (AvgIpc) is 3.00. The number of hydrogen-bond acceptors (Lipinski definition) is 8. The van der Waals surface area contributed by atoms with Crippen molar-refractivity contribution in [3.63, 3.8) is 0 Å². The highest BCUT2D eigenvalue weighted by Gasteiger charge is 2.27. The lowest BCUT2D eigenvalue weighted by atomic mass is 10.2. The third-order valence-electron chi connectivity index (χ3n) is 3.49. The van der Waals surface area contributed by atoms with Crippen molar-refractivity contribution in [3.05, 3.63) is 23.0 Å². The quantitative estimate of drug-likeness (QED) is 0.892. The van der Waals surface area contributed by atoms with E-state index in [9.17, 15) is 4.79 Å². The third-order valence-corrected chi connectivity index (χ3v) is 4.24. The molecule has 0 aromatic carbocycles. The van der Waals surface area contributed by atoms with Crippen molar-refractivity contribution in [2.24, 2.45) is 0 Å². The number of aromatic nitrogens is 4. The van der Waals surface area contributed by atoms with E-state index in [0.717, 1.165) is 10.7 Å². The minimum Gasteiger partial charge on any atom is -0.368 e. The molecule has 3 heterocycles. The van der Waals surface area contributed by atoms with Gasteiger partial charge in [-0.3, -0.25) is 5.32 Å². The lowest BCUT2D eigenvalue weighted by Crippen LogP contribution is -2.44. The average molecular weight is 349 g/mol. The van der Waals surface area contributed by atoms with Gasteiger partial charge in [-0.25, -0.2) is 14.8 Å². The van der Waals surface area contributed by atoms with Crippen LogP contribution in [0.1, 0.15) is 16.8 Å². The molecule has 1 fully saturated rings. The summed E-state index contributed by atoms with van der Waals surface area (Å²) in [4.78, 5) is 24.6. The topological polar surface area (TPSA) is 96.4 Å². The molecule has 1 saturated heterocycles. The van der Waals surface area contributed by atoms with Crippen LogP contribution in [0.5, 0.6) is 0 Å². The van der Waals surface area contributed by atoms with Gasteiger partial charge in [0.15, 0.2) is 0 Å². The van der Waals surface area contributed by atoms with E-state index in [2.05, 4.69) is 25.5 Å². The van der Waals surface area contributed by atoms with Crippen molar-refractivity contribution >= 4 is 28.4 Å². The lowest BCUT2D eigenvalue weighted by Gasteiger charge is -2.32. The molecule has 24 heavy (non-hydrogen) atoms. The van der Waals surface area contributed by atoms with Gasteiger partial charge in [0, 0.05) is 26.8 Å². The van der Waals surface area contributed by atoms with Gasteiger partial charge in [0.2, 0.25) is 11.1 Å². The summed E-state index contributed by atoms with van der Waals surface area (Å²) in [7, 11) is 3.76. The predicted molar refractivity (Wildman–Crippen MR) is 90.3 cm³/mol. The van der Waals surface area contributed by atoms with E-state index >= 15 is 0 Å². The zero-order chi connectivity index (χ0) is 17.1. The maximum absolute atomic E-state index is 12.4. The molecule has 2 aromatic rings. The summed E-state index contributed by atoms with van der Waals surface area (Å²) in [6.07, 6.45) is 1.42. The summed E-state index contributed by atoms with van der Waals surface area (Å²) >= 11 is 1.34. The van der Waals surface area contributed by atoms with Crippen molar-refractivity contribution in [3.8, 4) is 0 Å². The smallest absolute Gasteiger partial charge is 0.323 e. The first kappa shape index (κ1) is 16.5. The Balaban J connectivity index is 1.67. The van der Waals surface area contributed by atoms with Crippen LogP contribution in [-0.4, -0.2) is 64.9 Å². The normalized spacial score (nSPS) is 17.6. The fourth-order valence-corrected chi connectivity index (χ4v) is 2.87. The maximum Gasteiger partial charge on any atom is 0.323 e. The van der Waals surface area contributed by atoms with E-state index in [-0.39, 0.29) is 12.1 Å². The molecule has 0 radical (unpaired) electrons. The van der Waals surface area contributed by atoms with E-state index in [1.54, 1.807) is 11.1 Å². The van der Waals surface area contributed by atoms with Crippen molar-refractivity contribution in [2.45, 2.75) is 13.0 Å². The van der Waals surface area contributed by atoms with E-state index in [1.807, 2.05) is 32.0 Å². The second kappa shape index (κ2) is 7.05. The number of amides is 2. The van der Waals surface area contributed by atoms with Crippen molar-refractivity contribution in [1.29, 1.82) is 0 Å². The predicted octanol–water partition coefficient (Wildman–Crippen LogP) is 1.31. The van der Waals surface area contributed by atoms with Crippen LogP contribution < -0.4 is 10.2 Å². The fourth-order valence-electron chi connectivity index (χ4n) is 2.29. The second-order valence-electron chi connectivity index (χ2n) is 5.54. The highest BCUT2D eigenvalue weighted by Crippen LogP contribution is 2.22. The first-order valence-electron chi connectivity index (χ1n) is 7.51. The Labute approximate surface area is 143 Å². The van der Waals surface area contributed by atoms with Gasteiger partial charge < -0.3 is 14.5 Å². The first-order chi connectivity index (χ1) is 11.5. The second-order valence-corrected chi connectivity index (χ2v) is 6.72. The van der Waals surface area contributed by atoms with E-state index in [1.165, 1.54) is 11.3 Å². The van der Waals surface area contributed by atoms with Crippen LogP contribution in [0, 0.1) is 6.92 Å². The molecule has 2 aromatic heterocycles. The van der Waals surface area contributed by atoms with Gasteiger partial charge in [-0.05, 0) is 13.0 Å². The van der Waals surface area contributed by atoms with Gasteiger partial charge in [-0.15, -0.1) is 10.2 Å². The Morgan fingerprint density at radius 1 is 1.46 bits per heavy atom.